The summed E-state index contributed by atoms with van der Waals surface area (Å²) in [6.45, 7) is 12.6. The second-order valence-electron chi connectivity index (χ2n) is 13.6. The van der Waals surface area contributed by atoms with Gasteiger partial charge in [-0.05, 0) is 92.9 Å². The normalized spacial score (nSPS) is 27.2. The number of nitrogens with one attached hydrogen (secondary N) is 2. The Labute approximate surface area is 253 Å². The van der Waals surface area contributed by atoms with E-state index in [1.807, 2.05) is 0 Å². The highest BCUT2D eigenvalue weighted by Gasteiger charge is 2.68. The zero-order chi connectivity index (χ0) is 31.7. The van der Waals surface area contributed by atoms with E-state index >= 15 is 0 Å². The number of halogens is 1. The fraction of sp³-hybridized carbons (Fsp3) is 0.700. The number of Topliss-reactive ketones (excluding diaryl/α,β-unsaturated/α-hetero) is 1. The third kappa shape index (κ3) is 7.20. The third-order valence-electron chi connectivity index (χ3n) is 9.83. The number of rotatable bonds is 13. The lowest BCUT2D eigenvalue weighted by Crippen LogP contribution is -2.65. The Morgan fingerprint density at radius 2 is 2.00 bits per heavy atom. The van der Waals surface area contributed by atoms with Crippen LogP contribution in [0.5, 0.6) is 0 Å². The number of benzene rings is 1. The number of carbonyl (C=O) groups is 2. The summed E-state index contributed by atoms with van der Waals surface area (Å²) in [4.78, 5) is 41.6. The van der Waals surface area contributed by atoms with Crippen LogP contribution in [-0.2, 0) is 14.1 Å². The number of amides is 1. The molecule has 1 aliphatic heterocycles. The van der Waals surface area contributed by atoms with Crippen LogP contribution in [0.4, 0.5) is 4.39 Å². The van der Waals surface area contributed by atoms with Gasteiger partial charge in [-0.15, -0.1) is 0 Å². The number of carbonyl (C=O) groups excluding carboxylic acids is 2. The molecule has 3 saturated carbocycles. The molecule has 1 aromatic rings. The van der Waals surface area contributed by atoms with Gasteiger partial charge in [0.25, 0.3) is 5.96 Å². The van der Waals surface area contributed by atoms with Gasteiger partial charge in [-0.2, -0.15) is 0 Å². The number of hydrogen-bond donors (Lipinski definition) is 3. The van der Waals surface area contributed by atoms with Crippen LogP contribution in [0.15, 0.2) is 23.2 Å². The molecule has 0 spiro atoms. The molecule has 13 heteroatoms. The maximum atomic E-state index is 13.8. The van der Waals surface area contributed by atoms with Gasteiger partial charge < -0.3 is 20.4 Å². The number of nitrogens with two attached hydrogens (primary N) is 1. The van der Waals surface area contributed by atoms with Crippen LogP contribution >= 0.6 is 0 Å². The summed E-state index contributed by atoms with van der Waals surface area (Å²) in [6.07, 6.45) is 3.20. The van der Waals surface area contributed by atoms with Gasteiger partial charge in [0.1, 0.15) is 5.82 Å². The van der Waals surface area contributed by atoms with E-state index < -0.39 is 35.4 Å². The summed E-state index contributed by atoms with van der Waals surface area (Å²) < 4.78 is 27.0. The van der Waals surface area contributed by atoms with Crippen LogP contribution in [0.2, 0.25) is 0 Å². The van der Waals surface area contributed by atoms with Crippen LogP contribution < -0.4 is 16.5 Å². The SMILES string of the molecule is Cc1cc(C(=O)C[C@@H](CCCN=C(N)N[N+](=O)[O-])C(=O)N[C@@H](CC(C)C)B2O[C@@H]3C[C@H]4C[C@H](C4(C)C)[C@]3(C)O2)ccc1F. The molecule has 6 atom stereocenters. The van der Waals surface area contributed by atoms with Gasteiger partial charge in [0.05, 0.1) is 17.6 Å². The molecule has 1 saturated heterocycles. The number of nitro groups is 1. The van der Waals surface area contributed by atoms with Crippen LogP contribution in [0.1, 0.15) is 89.1 Å². The Hall–Kier alpha value is -3.06. The zero-order valence-corrected chi connectivity index (χ0v) is 26.0. The highest BCUT2D eigenvalue weighted by atomic mass is 19.1. The largest absolute Gasteiger partial charge is 0.481 e. The van der Waals surface area contributed by atoms with Gasteiger partial charge in [0.2, 0.25) is 5.91 Å². The predicted octanol–water partition coefficient (Wildman–Crippen LogP) is 4.00. The van der Waals surface area contributed by atoms with E-state index in [-0.39, 0.29) is 54.5 Å². The van der Waals surface area contributed by atoms with Crippen LogP contribution in [-0.4, -0.2) is 54.0 Å². The average Bonchev–Trinajstić information content (AvgIpc) is 3.27. The molecule has 11 nitrogen and oxygen atoms in total. The van der Waals surface area contributed by atoms with Crippen LogP contribution in [0, 0.1) is 51.9 Å². The van der Waals surface area contributed by atoms with E-state index in [4.69, 9.17) is 15.0 Å². The zero-order valence-electron chi connectivity index (χ0n) is 26.0. The molecule has 3 aliphatic carbocycles. The highest BCUT2D eigenvalue weighted by Crippen LogP contribution is 2.65. The van der Waals surface area contributed by atoms with Gasteiger partial charge >= 0.3 is 7.12 Å². The molecule has 0 radical (unpaired) electrons. The Morgan fingerprint density at radius 1 is 1.28 bits per heavy atom. The molecule has 236 valence electrons. The summed E-state index contributed by atoms with van der Waals surface area (Å²) in [5.41, 5.74) is 7.74. The van der Waals surface area contributed by atoms with Crippen molar-refractivity contribution in [1.82, 2.24) is 10.7 Å². The van der Waals surface area contributed by atoms with E-state index in [1.165, 1.54) is 18.2 Å². The van der Waals surface area contributed by atoms with Crippen molar-refractivity contribution in [2.45, 2.75) is 97.7 Å². The summed E-state index contributed by atoms with van der Waals surface area (Å²) in [7, 11) is -0.606. The van der Waals surface area contributed by atoms with Crippen molar-refractivity contribution in [3.8, 4) is 0 Å². The van der Waals surface area contributed by atoms with E-state index in [0.29, 0.717) is 35.8 Å². The lowest BCUT2D eigenvalue weighted by Gasteiger charge is -2.64. The molecule has 1 amide bonds. The highest BCUT2D eigenvalue weighted by molar-refractivity contribution is 6.47. The van der Waals surface area contributed by atoms with Crippen molar-refractivity contribution in [3.63, 3.8) is 0 Å². The number of hydrogen-bond acceptors (Lipinski definition) is 7. The first kappa shape index (κ1) is 32.9. The quantitative estimate of drug-likeness (QED) is 0.0582. The van der Waals surface area contributed by atoms with E-state index in [2.05, 4.69) is 44.9 Å². The predicted molar refractivity (Wildman–Crippen MR) is 161 cm³/mol. The molecule has 43 heavy (non-hydrogen) atoms. The van der Waals surface area contributed by atoms with Gasteiger partial charge in [-0.3, -0.25) is 9.59 Å². The van der Waals surface area contributed by atoms with Crippen molar-refractivity contribution in [1.29, 1.82) is 0 Å². The maximum Gasteiger partial charge on any atom is 0.481 e. The summed E-state index contributed by atoms with van der Waals surface area (Å²) in [5.74, 6) is -1.26. The first-order valence-electron chi connectivity index (χ1n) is 15.3. The Kier molecular flexibility index (Phi) is 9.85. The van der Waals surface area contributed by atoms with Crippen molar-refractivity contribution in [2.24, 2.45) is 39.8 Å². The Bertz CT molecular complexity index is 1260. The second kappa shape index (κ2) is 12.9. The molecular weight excluding hydrogens is 556 g/mol. The van der Waals surface area contributed by atoms with E-state index in [9.17, 15) is 24.1 Å². The minimum atomic E-state index is -0.804. The van der Waals surface area contributed by atoms with E-state index in [1.54, 1.807) is 12.3 Å². The summed E-state index contributed by atoms with van der Waals surface area (Å²) in [6, 6.07) is 4.15. The van der Waals surface area contributed by atoms with E-state index in [0.717, 1.165) is 12.8 Å². The number of aryl methyl sites for hydroxylation is 1. The van der Waals surface area contributed by atoms with Gasteiger partial charge in [0, 0.05) is 24.4 Å². The Balaban J connectivity index is 1.48. The van der Waals surface area contributed by atoms with Gasteiger partial charge in [-0.1, -0.05) is 33.1 Å². The summed E-state index contributed by atoms with van der Waals surface area (Å²) in [5, 5.41) is 12.9. The third-order valence-corrected chi connectivity index (χ3v) is 9.83. The second-order valence-corrected chi connectivity index (χ2v) is 13.6. The molecule has 0 unspecified atom stereocenters. The first-order valence-corrected chi connectivity index (χ1v) is 15.3. The van der Waals surface area contributed by atoms with Crippen molar-refractivity contribution in [3.05, 3.63) is 45.3 Å². The first-order chi connectivity index (χ1) is 20.1. The standard InChI is InChI=1S/C30H45BFN5O6/c1-17(2)12-26(31-42-25-16-21-15-24(29(21,4)5)30(25,6)43-31)35-27(39)20(8-7-11-34-28(33)36-37(40)41)14-23(38)19-9-10-22(32)18(3)13-19/h9-10,13,17,20-21,24-26H,7-8,11-12,14-16H2,1-6H3,(H,35,39)(H3,33,34,36)/t20-,21-,24-,25-,26+,30+/m1/s1. The Morgan fingerprint density at radius 3 is 2.63 bits per heavy atom. The van der Waals surface area contributed by atoms with Crippen molar-refractivity contribution >= 4 is 24.8 Å². The fourth-order valence-corrected chi connectivity index (χ4v) is 7.27. The average molecular weight is 602 g/mol. The van der Waals surface area contributed by atoms with Crippen molar-refractivity contribution < 1.29 is 28.3 Å². The lowest BCUT2D eigenvalue weighted by atomic mass is 9.43. The topological polar surface area (TPSA) is 158 Å². The molecule has 0 aromatic heterocycles. The van der Waals surface area contributed by atoms with Crippen LogP contribution in [0.25, 0.3) is 0 Å². The molecule has 5 rings (SSSR count). The molecule has 4 fully saturated rings. The molecule has 1 aromatic carbocycles. The van der Waals surface area contributed by atoms with Gasteiger partial charge in [0.15, 0.2) is 10.8 Å². The smallest absolute Gasteiger partial charge is 0.404 e. The molecule has 4 N–H and O–H groups in total. The van der Waals surface area contributed by atoms with Crippen molar-refractivity contribution in [2.75, 3.05) is 6.54 Å². The number of guanidine groups is 1. The lowest BCUT2D eigenvalue weighted by molar-refractivity contribution is -0.525. The number of nitrogens with zero attached hydrogens (tertiary/aromatic N) is 2. The minimum absolute atomic E-state index is 0.0315. The molecule has 2 bridgehead atoms. The fourth-order valence-electron chi connectivity index (χ4n) is 7.27. The van der Waals surface area contributed by atoms with Crippen LogP contribution in [0.3, 0.4) is 0 Å². The number of aliphatic imine (C=N–C) groups is 1. The summed E-state index contributed by atoms with van der Waals surface area (Å²) >= 11 is 0. The molecule has 1 heterocycles. The monoisotopic (exact) mass is 601 g/mol. The minimum Gasteiger partial charge on any atom is -0.404 e. The molecular formula is C30H45BFN5O6. The van der Waals surface area contributed by atoms with Gasteiger partial charge in [-0.25, -0.2) is 19.5 Å². The number of ketones is 1. The number of hydrazine groups is 1. The molecule has 4 aliphatic rings. The maximum absolute atomic E-state index is 13.8.